The molecule has 2 nitrogen and oxygen atoms in total. The van der Waals surface area contributed by atoms with Crippen LogP contribution >= 0.6 is 0 Å². The van der Waals surface area contributed by atoms with Crippen molar-refractivity contribution in [1.29, 1.82) is 0 Å². The molecule has 2 aromatic heterocycles. The molecule has 0 saturated carbocycles. The van der Waals surface area contributed by atoms with Crippen molar-refractivity contribution < 1.29 is 0 Å². The van der Waals surface area contributed by atoms with Crippen LogP contribution in [0.15, 0.2) is 133 Å². The highest BCUT2D eigenvalue weighted by atomic mass is 14.9. The minimum Gasteiger partial charge on any atom is -0.344 e. The zero-order valence-corrected chi connectivity index (χ0v) is 24.9. The molecule has 0 N–H and O–H groups in total. The van der Waals surface area contributed by atoms with Crippen molar-refractivity contribution >= 4 is 67.9 Å². The standard InChI is InChI=1S/C42H32N2/c1-43-39-9-5-3-7-35(39)37-25-19-31(27-41(37)43)13-11-29-15-21-33(22-16-29)34-23-17-30(18-24-34)12-14-32-20-26-38-36-8-4-6-10-40(36)44(2)42(38)28-32/h3-28H,1-2H3/b13-11+,14-12+. The summed E-state index contributed by atoms with van der Waals surface area (Å²) in [6.07, 6.45) is 8.78. The first-order chi connectivity index (χ1) is 21.6. The van der Waals surface area contributed by atoms with E-state index in [1.165, 1.54) is 77.0 Å². The number of hydrogen-bond donors (Lipinski definition) is 0. The molecule has 8 rings (SSSR count). The fourth-order valence-corrected chi connectivity index (χ4v) is 6.52. The van der Waals surface area contributed by atoms with E-state index in [4.69, 9.17) is 0 Å². The molecule has 210 valence electrons. The molecular weight excluding hydrogens is 532 g/mol. The summed E-state index contributed by atoms with van der Waals surface area (Å²) >= 11 is 0. The van der Waals surface area contributed by atoms with Crippen molar-refractivity contribution in [2.24, 2.45) is 14.1 Å². The number of aromatic nitrogens is 2. The predicted octanol–water partition coefficient (Wildman–Crippen LogP) is 11.0. The molecule has 2 heteroatoms. The van der Waals surface area contributed by atoms with E-state index in [1.54, 1.807) is 0 Å². The van der Waals surface area contributed by atoms with Crippen LogP contribution in [0.2, 0.25) is 0 Å². The van der Waals surface area contributed by atoms with E-state index in [2.05, 4.69) is 181 Å². The van der Waals surface area contributed by atoms with Crippen LogP contribution in [0.4, 0.5) is 0 Å². The Morgan fingerprint density at radius 3 is 1.11 bits per heavy atom. The van der Waals surface area contributed by atoms with Gasteiger partial charge in [0.2, 0.25) is 0 Å². The molecule has 0 spiro atoms. The molecule has 0 aliphatic carbocycles. The van der Waals surface area contributed by atoms with Gasteiger partial charge in [0.25, 0.3) is 0 Å². The van der Waals surface area contributed by atoms with Gasteiger partial charge < -0.3 is 9.13 Å². The molecule has 6 aromatic carbocycles. The van der Waals surface area contributed by atoms with Crippen LogP contribution in [0.1, 0.15) is 22.3 Å². The number of hydrogen-bond acceptors (Lipinski definition) is 0. The van der Waals surface area contributed by atoms with E-state index in [9.17, 15) is 0 Å². The zero-order valence-electron chi connectivity index (χ0n) is 24.9. The summed E-state index contributed by atoms with van der Waals surface area (Å²) in [5, 5.41) is 5.21. The van der Waals surface area contributed by atoms with E-state index >= 15 is 0 Å². The van der Waals surface area contributed by atoms with E-state index in [0.29, 0.717) is 0 Å². The molecule has 0 radical (unpaired) electrons. The maximum Gasteiger partial charge on any atom is 0.0494 e. The van der Waals surface area contributed by atoms with Gasteiger partial charge in [0.15, 0.2) is 0 Å². The molecule has 0 fully saturated rings. The molecule has 8 aromatic rings. The van der Waals surface area contributed by atoms with Gasteiger partial charge in [-0.3, -0.25) is 0 Å². The molecule has 44 heavy (non-hydrogen) atoms. The van der Waals surface area contributed by atoms with Crippen LogP contribution < -0.4 is 0 Å². The number of benzene rings is 6. The second kappa shape index (κ2) is 10.6. The van der Waals surface area contributed by atoms with E-state index in [0.717, 1.165) is 0 Å². The van der Waals surface area contributed by atoms with Gasteiger partial charge in [0, 0.05) is 57.7 Å². The molecule has 2 heterocycles. The normalized spacial score (nSPS) is 12.1. The highest BCUT2D eigenvalue weighted by Gasteiger charge is 2.08. The lowest BCUT2D eigenvalue weighted by molar-refractivity contribution is 1.01. The van der Waals surface area contributed by atoms with E-state index in [-0.39, 0.29) is 0 Å². The van der Waals surface area contributed by atoms with Crippen molar-refractivity contribution in [2.75, 3.05) is 0 Å². The van der Waals surface area contributed by atoms with Gasteiger partial charge in [0.1, 0.15) is 0 Å². The number of para-hydroxylation sites is 2. The molecular formula is C42H32N2. The van der Waals surface area contributed by atoms with Crippen LogP contribution in [0.25, 0.3) is 79.0 Å². The summed E-state index contributed by atoms with van der Waals surface area (Å²) in [5.74, 6) is 0. The lowest BCUT2D eigenvalue weighted by Crippen LogP contribution is -1.86. The third-order valence-electron chi connectivity index (χ3n) is 8.97. The van der Waals surface area contributed by atoms with Gasteiger partial charge in [-0.25, -0.2) is 0 Å². The van der Waals surface area contributed by atoms with Gasteiger partial charge in [-0.2, -0.15) is 0 Å². The van der Waals surface area contributed by atoms with Crippen LogP contribution in [-0.4, -0.2) is 9.13 Å². The highest BCUT2D eigenvalue weighted by Crippen LogP contribution is 2.31. The average molecular weight is 565 g/mol. The van der Waals surface area contributed by atoms with Crippen LogP contribution in [0.3, 0.4) is 0 Å². The lowest BCUT2D eigenvalue weighted by atomic mass is 10.0. The zero-order chi connectivity index (χ0) is 29.6. The first-order valence-corrected chi connectivity index (χ1v) is 15.1. The van der Waals surface area contributed by atoms with Crippen LogP contribution in [0, 0.1) is 0 Å². The monoisotopic (exact) mass is 564 g/mol. The molecule has 0 saturated heterocycles. The SMILES string of the molecule is Cn1c2ccccc2c2ccc(/C=C/c3ccc(-c4ccc(/C=C/c5ccc6c7ccccc7n(C)c6c5)cc4)cc3)cc21. The number of aryl methyl sites for hydroxylation is 2. The molecule has 0 atom stereocenters. The number of rotatable bonds is 5. The Morgan fingerprint density at radius 1 is 0.341 bits per heavy atom. The second-order valence-electron chi connectivity index (χ2n) is 11.6. The molecule has 0 aliphatic rings. The number of nitrogens with zero attached hydrogens (tertiary/aromatic N) is 2. The second-order valence-corrected chi connectivity index (χ2v) is 11.6. The Hall–Kier alpha value is -5.60. The summed E-state index contributed by atoms with van der Waals surface area (Å²) in [4.78, 5) is 0. The molecule has 0 amide bonds. The molecule has 0 unspecified atom stereocenters. The first-order valence-electron chi connectivity index (χ1n) is 15.1. The summed E-state index contributed by atoms with van der Waals surface area (Å²) in [7, 11) is 4.29. The van der Waals surface area contributed by atoms with Gasteiger partial charge in [-0.05, 0) is 57.6 Å². The lowest BCUT2D eigenvalue weighted by Gasteiger charge is -2.04. The van der Waals surface area contributed by atoms with Gasteiger partial charge in [0.05, 0.1) is 0 Å². The summed E-state index contributed by atoms with van der Waals surface area (Å²) in [6, 6.07) is 48.2. The Balaban J connectivity index is 0.973. The van der Waals surface area contributed by atoms with Gasteiger partial charge in [-0.1, -0.05) is 133 Å². The van der Waals surface area contributed by atoms with E-state index < -0.39 is 0 Å². The Kier molecular flexibility index (Phi) is 6.27. The molecule has 0 bridgehead atoms. The fraction of sp³-hybridized carbons (Fsp3) is 0.0476. The van der Waals surface area contributed by atoms with Crippen molar-refractivity contribution in [3.63, 3.8) is 0 Å². The Morgan fingerprint density at radius 2 is 0.682 bits per heavy atom. The minimum absolute atomic E-state index is 1.19. The quantitative estimate of drug-likeness (QED) is 0.184. The van der Waals surface area contributed by atoms with Crippen LogP contribution in [0.5, 0.6) is 0 Å². The smallest absolute Gasteiger partial charge is 0.0494 e. The van der Waals surface area contributed by atoms with Crippen molar-refractivity contribution in [3.8, 4) is 11.1 Å². The third-order valence-corrected chi connectivity index (χ3v) is 8.97. The topological polar surface area (TPSA) is 9.86 Å². The highest BCUT2D eigenvalue weighted by molar-refractivity contribution is 6.09. The summed E-state index contributed by atoms with van der Waals surface area (Å²) < 4.78 is 4.56. The Bertz CT molecular complexity index is 2210. The van der Waals surface area contributed by atoms with E-state index in [1.807, 2.05) is 0 Å². The predicted molar refractivity (Wildman–Crippen MR) is 191 cm³/mol. The number of fused-ring (bicyclic) bond motifs is 6. The van der Waals surface area contributed by atoms with Crippen molar-refractivity contribution in [2.45, 2.75) is 0 Å². The van der Waals surface area contributed by atoms with Crippen molar-refractivity contribution in [1.82, 2.24) is 9.13 Å². The first kappa shape index (κ1) is 26.1. The van der Waals surface area contributed by atoms with Crippen molar-refractivity contribution in [3.05, 3.63) is 156 Å². The average Bonchev–Trinajstić information content (AvgIpc) is 3.53. The summed E-state index contributed by atoms with van der Waals surface area (Å²) in [5.41, 5.74) is 12.3. The third kappa shape index (κ3) is 4.53. The Labute approximate surface area is 257 Å². The van der Waals surface area contributed by atoms with Gasteiger partial charge in [-0.15, -0.1) is 0 Å². The minimum atomic E-state index is 1.19. The molecule has 0 aliphatic heterocycles. The maximum absolute atomic E-state index is 2.28. The fourth-order valence-electron chi connectivity index (χ4n) is 6.52. The largest absolute Gasteiger partial charge is 0.344 e. The maximum atomic E-state index is 2.28. The van der Waals surface area contributed by atoms with Crippen LogP contribution in [-0.2, 0) is 14.1 Å². The summed E-state index contributed by atoms with van der Waals surface area (Å²) in [6.45, 7) is 0. The van der Waals surface area contributed by atoms with Gasteiger partial charge >= 0.3 is 0 Å².